The maximum absolute atomic E-state index is 12.4. The van der Waals surface area contributed by atoms with Gasteiger partial charge in [-0.3, -0.25) is 9.59 Å². The van der Waals surface area contributed by atoms with Gasteiger partial charge in [-0.2, -0.15) is 0 Å². The van der Waals surface area contributed by atoms with Gasteiger partial charge in [-0.15, -0.1) is 11.8 Å². The molecule has 0 unspecified atom stereocenters. The van der Waals surface area contributed by atoms with E-state index < -0.39 is 0 Å². The van der Waals surface area contributed by atoms with Gasteiger partial charge in [0.25, 0.3) is 11.8 Å². The van der Waals surface area contributed by atoms with E-state index in [0.717, 1.165) is 17.7 Å². The van der Waals surface area contributed by atoms with Crippen LogP contribution in [0.2, 0.25) is 5.02 Å². The van der Waals surface area contributed by atoms with Crippen LogP contribution in [0.1, 0.15) is 33.6 Å². The molecule has 1 aliphatic rings. The minimum Gasteiger partial charge on any atom is -0.349 e. The second kappa shape index (κ2) is 7.28. The predicted octanol–water partition coefficient (Wildman–Crippen LogP) is 4.21. The summed E-state index contributed by atoms with van der Waals surface area (Å²) in [6.07, 6.45) is 4.04. The van der Waals surface area contributed by atoms with E-state index in [4.69, 9.17) is 11.6 Å². The van der Waals surface area contributed by atoms with Gasteiger partial charge in [0.2, 0.25) is 0 Å². The molecule has 0 aromatic heterocycles. The number of hydrogen-bond acceptors (Lipinski definition) is 3. The van der Waals surface area contributed by atoms with Crippen molar-refractivity contribution < 1.29 is 9.59 Å². The Morgan fingerprint density at radius 3 is 2.42 bits per heavy atom. The molecule has 0 saturated heterocycles. The van der Waals surface area contributed by atoms with Crippen molar-refractivity contribution in [2.24, 2.45) is 0 Å². The predicted molar refractivity (Wildman–Crippen MR) is 98.1 cm³/mol. The first-order valence-corrected chi connectivity index (χ1v) is 9.23. The Bertz CT molecular complexity index is 773. The van der Waals surface area contributed by atoms with Crippen LogP contribution in [0.3, 0.4) is 0 Å². The zero-order valence-corrected chi connectivity index (χ0v) is 14.7. The minimum atomic E-state index is -0.272. The fraction of sp³-hybridized carbons (Fsp3) is 0.222. The van der Waals surface area contributed by atoms with E-state index in [1.54, 1.807) is 48.2 Å². The first-order chi connectivity index (χ1) is 11.6. The van der Waals surface area contributed by atoms with Gasteiger partial charge in [0.15, 0.2) is 0 Å². The highest BCUT2D eigenvalue weighted by molar-refractivity contribution is 7.98. The summed E-state index contributed by atoms with van der Waals surface area (Å²) in [4.78, 5) is 25.3. The number of carbonyl (C=O) groups excluding carboxylic acids is 2. The van der Waals surface area contributed by atoms with Crippen molar-refractivity contribution >= 4 is 40.9 Å². The molecular weight excluding hydrogens is 344 g/mol. The quantitative estimate of drug-likeness (QED) is 0.785. The van der Waals surface area contributed by atoms with Crippen molar-refractivity contribution in [3.8, 4) is 0 Å². The Labute approximate surface area is 150 Å². The molecule has 6 heteroatoms. The lowest BCUT2D eigenvalue weighted by Crippen LogP contribution is -2.25. The summed E-state index contributed by atoms with van der Waals surface area (Å²) in [7, 11) is 0. The van der Waals surface area contributed by atoms with Crippen molar-refractivity contribution in [1.82, 2.24) is 5.32 Å². The largest absolute Gasteiger partial charge is 0.349 e. The van der Waals surface area contributed by atoms with Crippen LogP contribution < -0.4 is 10.6 Å². The van der Waals surface area contributed by atoms with Crippen LogP contribution in [0.25, 0.3) is 0 Å². The van der Waals surface area contributed by atoms with E-state index in [1.807, 2.05) is 12.3 Å². The molecular formula is C18H17ClN2O2S. The van der Waals surface area contributed by atoms with Crippen LogP contribution in [-0.2, 0) is 0 Å². The number of carbonyl (C=O) groups is 2. The SMILES string of the molecule is CSc1ccc(Cl)c(C(=O)Nc2ccc(C(=O)NC3CC3)cc2)c1. The molecule has 2 N–H and O–H groups in total. The first-order valence-electron chi connectivity index (χ1n) is 7.62. The Hall–Kier alpha value is -1.98. The Kier molecular flexibility index (Phi) is 5.11. The molecule has 124 valence electrons. The average Bonchev–Trinajstić information content (AvgIpc) is 3.39. The summed E-state index contributed by atoms with van der Waals surface area (Å²) in [6.45, 7) is 0. The number of benzene rings is 2. The second-order valence-electron chi connectivity index (χ2n) is 5.62. The Morgan fingerprint density at radius 1 is 1.08 bits per heavy atom. The van der Waals surface area contributed by atoms with Crippen molar-refractivity contribution in [1.29, 1.82) is 0 Å². The third-order valence-corrected chi connectivity index (χ3v) is 4.79. The maximum atomic E-state index is 12.4. The summed E-state index contributed by atoms with van der Waals surface area (Å²) >= 11 is 7.66. The zero-order valence-electron chi connectivity index (χ0n) is 13.1. The van der Waals surface area contributed by atoms with E-state index in [-0.39, 0.29) is 11.8 Å². The fourth-order valence-electron chi connectivity index (χ4n) is 2.21. The highest BCUT2D eigenvalue weighted by Crippen LogP contribution is 2.24. The van der Waals surface area contributed by atoms with E-state index >= 15 is 0 Å². The van der Waals surface area contributed by atoms with Gasteiger partial charge in [0, 0.05) is 22.2 Å². The number of thioether (sulfide) groups is 1. The van der Waals surface area contributed by atoms with Gasteiger partial charge in [0.1, 0.15) is 0 Å². The lowest BCUT2D eigenvalue weighted by molar-refractivity contribution is 0.0950. The van der Waals surface area contributed by atoms with E-state index in [0.29, 0.717) is 27.9 Å². The number of hydrogen-bond donors (Lipinski definition) is 2. The summed E-state index contributed by atoms with van der Waals surface area (Å²) < 4.78 is 0. The summed E-state index contributed by atoms with van der Waals surface area (Å²) in [6, 6.07) is 12.5. The Balaban J connectivity index is 1.69. The molecule has 2 aromatic rings. The van der Waals surface area contributed by atoms with Gasteiger partial charge < -0.3 is 10.6 Å². The molecule has 3 rings (SSSR count). The first kappa shape index (κ1) is 16.9. The monoisotopic (exact) mass is 360 g/mol. The van der Waals surface area contributed by atoms with Crippen molar-refractivity contribution in [3.05, 3.63) is 58.6 Å². The van der Waals surface area contributed by atoms with Crippen LogP contribution >= 0.6 is 23.4 Å². The molecule has 0 heterocycles. The fourth-order valence-corrected chi connectivity index (χ4v) is 2.85. The molecule has 1 fully saturated rings. The summed E-state index contributed by atoms with van der Waals surface area (Å²) in [5.74, 6) is -0.350. The molecule has 0 bridgehead atoms. The molecule has 2 aromatic carbocycles. The van der Waals surface area contributed by atoms with Crippen LogP contribution in [0.4, 0.5) is 5.69 Å². The molecule has 0 atom stereocenters. The van der Waals surface area contributed by atoms with Crippen LogP contribution in [0, 0.1) is 0 Å². The smallest absolute Gasteiger partial charge is 0.257 e. The van der Waals surface area contributed by atoms with Crippen molar-refractivity contribution in [2.45, 2.75) is 23.8 Å². The van der Waals surface area contributed by atoms with Crippen LogP contribution in [0.5, 0.6) is 0 Å². The third kappa shape index (κ3) is 4.10. The molecule has 24 heavy (non-hydrogen) atoms. The lowest BCUT2D eigenvalue weighted by atomic mass is 10.1. The number of amides is 2. The van der Waals surface area contributed by atoms with Gasteiger partial charge in [0.05, 0.1) is 10.6 Å². The van der Waals surface area contributed by atoms with Gasteiger partial charge >= 0.3 is 0 Å². The molecule has 1 saturated carbocycles. The normalized spacial score (nSPS) is 13.4. The minimum absolute atomic E-state index is 0.0777. The molecule has 0 radical (unpaired) electrons. The van der Waals surface area contributed by atoms with Gasteiger partial charge in [-0.25, -0.2) is 0 Å². The van der Waals surface area contributed by atoms with E-state index in [2.05, 4.69) is 10.6 Å². The van der Waals surface area contributed by atoms with Crippen LogP contribution in [-0.4, -0.2) is 24.1 Å². The van der Waals surface area contributed by atoms with Crippen LogP contribution in [0.15, 0.2) is 47.4 Å². The topological polar surface area (TPSA) is 58.2 Å². The van der Waals surface area contributed by atoms with Gasteiger partial charge in [-0.1, -0.05) is 11.6 Å². The van der Waals surface area contributed by atoms with E-state index in [9.17, 15) is 9.59 Å². The second-order valence-corrected chi connectivity index (χ2v) is 6.91. The Morgan fingerprint density at radius 2 is 1.79 bits per heavy atom. The van der Waals surface area contributed by atoms with E-state index in [1.165, 1.54) is 0 Å². The molecule has 4 nitrogen and oxygen atoms in total. The molecule has 1 aliphatic carbocycles. The summed E-state index contributed by atoms with van der Waals surface area (Å²) in [5, 5.41) is 6.14. The number of halogens is 1. The highest BCUT2D eigenvalue weighted by Gasteiger charge is 2.23. The zero-order chi connectivity index (χ0) is 17.1. The molecule has 2 amide bonds. The molecule has 0 spiro atoms. The standard InChI is InChI=1S/C18H17ClN2O2S/c1-24-14-8-9-16(19)15(10-14)18(23)21-12-4-2-11(3-5-12)17(22)20-13-6-7-13/h2-5,8-10,13H,6-7H2,1H3,(H,20,22)(H,21,23). The number of nitrogens with one attached hydrogen (secondary N) is 2. The summed E-state index contributed by atoms with van der Waals surface area (Å²) in [5.41, 5.74) is 1.63. The number of anilines is 1. The van der Waals surface area contributed by atoms with Gasteiger partial charge in [-0.05, 0) is 61.6 Å². The lowest BCUT2D eigenvalue weighted by Gasteiger charge is -2.09. The average molecular weight is 361 g/mol. The maximum Gasteiger partial charge on any atom is 0.257 e. The van der Waals surface area contributed by atoms with Crippen molar-refractivity contribution in [2.75, 3.05) is 11.6 Å². The molecule has 0 aliphatic heterocycles. The third-order valence-electron chi connectivity index (χ3n) is 3.74. The van der Waals surface area contributed by atoms with Crippen molar-refractivity contribution in [3.63, 3.8) is 0 Å². The highest BCUT2D eigenvalue weighted by atomic mass is 35.5. The number of rotatable bonds is 5.